The van der Waals surface area contributed by atoms with Gasteiger partial charge in [0.1, 0.15) is 0 Å². The van der Waals surface area contributed by atoms with Crippen LogP contribution in [0.3, 0.4) is 0 Å². The van der Waals surface area contributed by atoms with E-state index in [0.29, 0.717) is 23.9 Å². The first-order valence-electron chi connectivity index (χ1n) is 4.66. The van der Waals surface area contributed by atoms with Gasteiger partial charge in [-0.15, -0.1) is 12.1 Å². The van der Waals surface area contributed by atoms with E-state index in [1.165, 1.54) is 0 Å². The van der Waals surface area contributed by atoms with Gasteiger partial charge in [0.2, 0.25) is 0 Å². The van der Waals surface area contributed by atoms with Gasteiger partial charge in [0.15, 0.2) is 6.79 Å². The summed E-state index contributed by atoms with van der Waals surface area (Å²) >= 11 is 0. The minimum absolute atomic E-state index is 0. The van der Waals surface area contributed by atoms with Gasteiger partial charge in [0.25, 0.3) is 0 Å². The van der Waals surface area contributed by atoms with Crippen LogP contribution in [0, 0.1) is 6.07 Å². The van der Waals surface area contributed by atoms with E-state index in [0.717, 1.165) is 0 Å². The molecule has 1 rings (SSSR count). The molecule has 0 saturated heterocycles. The number of methoxy groups -OCH3 is 2. The zero-order chi connectivity index (χ0) is 11.1. The summed E-state index contributed by atoms with van der Waals surface area (Å²) in [5, 5.41) is 0. The maximum absolute atomic E-state index is 5.34. The molecule has 0 atom stereocenters. The summed E-state index contributed by atoms with van der Waals surface area (Å²) in [5.74, 6) is 1.76. The van der Waals surface area contributed by atoms with Crippen molar-refractivity contribution >= 4 is 0 Å². The summed E-state index contributed by atoms with van der Waals surface area (Å²) in [4.78, 5) is 0. The zero-order valence-corrected chi connectivity index (χ0v) is 10.2. The Morgan fingerprint density at radius 3 is 2.50 bits per heavy atom. The Bertz CT molecular complexity index is 304. The second kappa shape index (κ2) is 8.34. The van der Waals surface area contributed by atoms with Crippen LogP contribution < -0.4 is 33.1 Å². The molecule has 1 aromatic rings. The molecule has 0 radical (unpaired) electrons. The number of hydrogen-bond donors (Lipinski definition) is 0. The third kappa shape index (κ3) is 4.36. The van der Waals surface area contributed by atoms with Crippen LogP contribution in [0.4, 0.5) is 0 Å². The quantitative estimate of drug-likeness (QED) is 0.344. The fourth-order valence-electron chi connectivity index (χ4n) is 1.07. The second-order valence-electron chi connectivity index (χ2n) is 2.70. The fourth-order valence-corrected chi connectivity index (χ4v) is 1.07. The largest absolute Gasteiger partial charge is 1.00 e. The average Bonchev–Trinajstić information content (AvgIpc) is 2.28. The van der Waals surface area contributed by atoms with Crippen LogP contribution in [0.25, 0.3) is 0 Å². The zero-order valence-electron chi connectivity index (χ0n) is 10.2. The smallest absolute Gasteiger partial charge is 0.548 e. The molecule has 0 spiro atoms. The van der Waals surface area contributed by atoms with Crippen molar-refractivity contribution in [3.05, 3.63) is 18.2 Å². The standard InChI is InChI=1S/C11H15O4.Li/c1-4-14-10-6-5-9(15-8-12-2)7-11(10)13-3;/h5-6H,4,8H2,1-3H3;/q-1;+1. The molecule has 0 bridgehead atoms. The van der Waals surface area contributed by atoms with Crippen LogP contribution in [0.5, 0.6) is 17.2 Å². The molecular formula is C11H15LiO4. The van der Waals surface area contributed by atoms with E-state index >= 15 is 0 Å². The average molecular weight is 218 g/mol. The summed E-state index contributed by atoms with van der Waals surface area (Å²) in [7, 11) is 3.13. The molecule has 1 aromatic carbocycles. The third-order valence-electron chi connectivity index (χ3n) is 1.68. The first-order chi connectivity index (χ1) is 7.31. The maximum Gasteiger partial charge on any atom is 1.00 e. The monoisotopic (exact) mass is 218 g/mol. The fraction of sp³-hybridized carbons (Fsp3) is 0.455. The van der Waals surface area contributed by atoms with Crippen LogP contribution in [-0.4, -0.2) is 27.6 Å². The Morgan fingerprint density at radius 1 is 1.19 bits per heavy atom. The van der Waals surface area contributed by atoms with Crippen molar-refractivity contribution in [3.63, 3.8) is 0 Å². The molecular weight excluding hydrogens is 203 g/mol. The summed E-state index contributed by atoms with van der Waals surface area (Å²) in [6.07, 6.45) is 0. The van der Waals surface area contributed by atoms with Gasteiger partial charge < -0.3 is 18.9 Å². The predicted molar refractivity (Wildman–Crippen MR) is 55.5 cm³/mol. The molecule has 0 saturated carbocycles. The molecule has 0 aromatic heterocycles. The van der Waals surface area contributed by atoms with Gasteiger partial charge in [0, 0.05) is 18.6 Å². The van der Waals surface area contributed by atoms with Crippen LogP contribution in [0.1, 0.15) is 6.92 Å². The van der Waals surface area contributed by atoms with Gasteiger partial charge in [-0.25, -0.2) is 0 Å². The van der Waals surface area contributed by atoms with E-state index in [1.54, 1.807) is 26.4 Å². The van der Waals surface area contributed by atoms with Gasteiger partial charge in [-0.1, -0.05) is 6.07 Å². The van der Waals surface area contributed by atoms with Crippen molar-refractivity contribution in [2.45, 2.75) is 6.92 Å². The topological polar surface area (TPSA) is 36.9 Å². The first kappa shape index (κ1) is 15.2. The number of ether oxygens (including phenoxy) is 4. The van der Waals surface area contributed by atoms with Gasteiger partial charge in [-0.05, 0) is 6.92 Å². The van der Waals surface area contributed by atoms with Gasteiger partial charge in [0.05, 0.1) is 19.5 Å². The maximum atomic E-state index is 5.34. The molecule has 0 unspecified atom stereocenters. The molecule has 0 N–H and O–H groups in total. The molecule has 0 aliphatic heterocycles. The normalized spacial score (nSPS) is 9.19. The SMILES string of the molecule is CCOc1ccc(OCOC)[c-]c1OC.[Li+]. The Balaban J connectivity index is 0.00000225. The molecule has 84 valence electrons. The second-order valence-corrected chi connectivity index (χ2v) is 2.70. The third-order valence-corrected chi connectivity index (χ3v) is 1.68. The molecule has 0 heterocycles. The van der Waals surface area contributed by atoms with Crippen LogP contribution in [-0.2, 0) is 4.74 Å². The van der Waals surface area contributed by atoms with Crippen LogP contribution in [0.15, 0.2) is 12.1 Å². The Kier molecular flexibility index (Phi) is 7.91. The van der Waals surface area contributed by atoms with E-state index in [4.69, 9.17) is 18.9 Å². The van der Waals surface area contributed by atoms with Gasteiger partial charge in [-0.3, -0.25) is 0 Å². The predicted octanol–water partition coefficient (Wildman–Crippen LogP) is -1.12. The van der Waals surface area contributed by atoms with E-state index in [-0.39, 0.29) is 25.7 Å². The van der Waals surface area contributed by atoms with Crippen molar-refractivity contribution in [2.75, 3.05) is 27.6 Å². The molecule has 0 aliphatic rings. The van der Waals surface area contributed by atoms with Crippen molar-refractivity contribution in [2.24, 2.45) is 0 Å². The Labute approximate surface area is 108 Å². The Hall–Kier alpha value is -0.823. The molecule has 0 fully saturated rings. The van der Waals surface area contributed by atoms with Crippen molar-refractivity contribution in [1.29, 1.82) is 0 Å². The molecule has 4 nitrogen and oxygen atoms in total. The van der Waals surface area contributed by atoms with Crippen molar-refractivity contribution < 1.29 is 37.8 Å². The molecule has 16 heavy (non-hydrogen) atoms. The van der Waals surface area contributed by atoms with E-state index in [9.17, 15) is 0 Å². The van der Waals surface area contributed by atoms with Gasteiger partial charge >= 0.3 is 18.9 Å². The van der Waals surface area contributed by atoms with Crippen molar-refractivity contribution in [1.82, 2.24) is 0 Å². The molecule has 0 aliphatic carbocycles. The summed E-state index contributed by atoms with van der Waals surface area (Å²) in [6.45, 7) is 2.69. The molecule has 5 heteroatoms. The molecule has 0 amide bonds. The summed E-state index contributed by atoms with van der Waals surface area (Å²) in [6, 6.07) is 6.47. The summed E-state index contributed by atoms with van der Waals surface area (Å²) < 4.78 is 20.5. The van der Waals surface area contributed by atoms with Crippen LogP contribution >= 0.6 is 0 Å². The minimum atomic E-state index is 0. The number of rotatable bonds is 6. The van der Waals surface area contributed by atoms with E-state index in [2.05, 4.69) is 6.07 Å². The first-order valence-corrected chi connectivity index (χ1v) is 4.66. The van der Waals surface area contributed by atoms with Gasteiger partial charge in [-0.2, -0.15) is 0 Å². The number of benzene rings is 1. The van der Waals surface area contributed by atoms with E-state index in [1.807, 2.05) is 6.92 Å². The van der Waals surface area contributed by atoms with Crippen LogP contribution in [0.2, 0.25) is 0 Å². The van der Waals surface area contributed by atoms with E-state index < -0.39 is 0 Å². The Morgan fingerprint density at radius 2 is 1.94 bits per heavy atom. The van der Waals surface area contributed by atoms with Crippen molar-refractivity contribution in [3.8, 4) is 17.2 Å². The number of hydrogen-bond acceptors (Lipinski definition) is 4. The summed E-state index contributed by atoms with van der Waals surface area (Å²) in [5.41, 5.74) is 0. The minimum Gasteiger partial charge on any atom is -0.548 e.